The van der Waals surface area contributed by atoms with Gasteiger partial charge in [-0.15, -0.1) is 0 Å². The summed E-state index contributed by atoms with van der Waals surface area (Å²) in [6.07, 6.45) is 0.728. The van der Waals surface area contributed by atoms with Crippen molar-refractivity contribution in [3.63, 3.8) is 0 Å². The van der Waals surface area contributed by atoms with Crippen LogP contribution < -0.4 is 4.74 Å². The number of rotatable bonds is 5. The molecule has 6 heteroatoms. The number of ether oxygens (including phenoxy) is 1. The highest BCUT2D eigenvalue weighted by Crippen LogP contribution is 2.30. The van der Waals surface area contributed by atoms with Crippen molar-refractivity contribution in [1.29, 1.82) is 0 Å². The van der Waals surface area contributed by atoms with Crippen LogP contribution in [0.1, 0.15) is 5.82 Å². The van der Waals surface area contributed by atoms with Gasteiger partial charge in [-0.2, -0.15) is 4.98 Å². The van der Waals surface area contributed by atoms with Crippen LogP contribution >= 0.6 is 0 Å². The quantitative estimate of drug-likeness (QED) is 0.882. The maximum absolute atomic E-state index is 9.54. The van der Waals surface area contributed by atoms with Crippen LogP contribution in [-0.2, 0) is 6.42 Å². The number of benzene rings is 1. The first kappa shape index (κ1) is 13.4. The monoisotopic (exact) mass is 263 g/mol. The van der Waals surface area contributed by atoms with E-state index in [1.807, 2.05) is 14.1 Å². The van der Waals surface area contributed by atoms with Crippen LogP contribution in [-0.4, -0.2) is 47.9 Å². The van der Waals surface area contributed by atoms with E-state index in [0.717, 1.165) is 18.5 Å². The molecular weight excluding hydrogens is 246 g/mol. The lowest BCUT2D eigenvalue weighted by molar-refractivity contribution is 0.373. The SMILES string of the molecule is COc1cc(-c2nc(CCN(C)C)no2)ccc1O. The third kappa shape index (κ3) is 3.23. The number of aromatic nitrogens is 2. The summed E-state index contributed by atoms with van der Waals surface area (Å²) in [6.45, 7) is 0.859. The first-order valence-corrected chi connectivity index (χ1v) is 5.95. The number of hydrogen-bond donors (Lipinski definition) is 1. The van der Waals surface area contributed by atoms with E-state index < -0.39 is 0 Å². The summed E-state index contributed by atoms with van der Waals surface area (Å²) < 4.78 is 10.3. The molecule has 0 unspecified atom stereocenters. The molecule has 1 N–H and O–H groups in total. The second-order valence-corrected chi connectivity index (χ2v) is 4.46. The second-order valence-electron chi connectivity index (χ2n) is 4.46. The molecule has 0 aliphatic heterocycles. The minimum absolute atomic E-state index is 0.0820. The summed E-state index contributed by atoms with van der Waals surface area (Å²) in [6, 6.07) is 4.91. The molecule has 0 amide bonds. The van der Waals surface area contributed by atoms with Gasteiger partial charge in [-0.1, -0.05) is 5.16 Å². The average Bonchev–Trinajstić information content (AvgIpc) is 2.86. The lowest BCUT2D eigenvalue weighted by Gasteiger charge is -2.05. The van der Waals surface area contributed by atoms with Gasteiger partial charge in [0.2, 0.25) is 0 Å². The van der Waals surface area contributed by atoms with E-state index >= 15 is 0 Å². The van der Waals surface area contributed by atoms with Crippen molar-refractivity contribution in [3.8, 4) is 23.0 Å². The average molecular weight is 263 g/mol. The van der Waals surface area contributed by atoms with Crippen LogP contribution in [0.3, 0.4) is 0 Å². The molecule has 1 aromatic carbocycles. The molecule has 0 radical (unpaired) electrons. The Morgan fingerprint density at radius 1 is 1.37 bits per heavy atom. The van der Waals surface area contributed by atoms with Crippen molar-refractivity contribution in [2.45, 2.75) is 6.42 Å². The summed E-state index contributed by atoms with van der Waals surface area (Å²) in [5.74, 6) is 1.55. The molecular formula is C13H17N3O3. The maximum Gasteiger partial charge on any atom is 0.258 e. The van der Waals surface area contributed by atoms with Gasteiger partial charge in [0.25, 0.3) is 5.89 Å². The summed E-state index contributed by atoms with van der Waals surface area (Å²) in [5.41, 5.74) is 0.721. The molecule has 0 spiro atoms. The topological polar surface area (TPSA) is 71.6 Å². The number of likely N-dealkylation sites (N-methyl/N-ethyl adjacent to an activating group) is 1. The molecule has 102 valence electrons. The fourth-order valence-corrected chi connectivity index (χ4v) is 1.61. The Hall–Kier alpha value is -2.08. The number of phenols is 1. The Balaban J connectivity index is 2.18. The van der Waals surface area contributed by atoms with Crippen molar-refractivity contribution in [3.05, 3.63) is 24.0 Å². The van der Waals surface area contributed by atoms with Crippen LogP contribution in [0.25, 0.3) is 11.5 Å². The third-order valence-corrected chi connectivity index (χ3v) is 2.68. The zero-order chi connectivity index (χ0) is 13.8. The minimum Gasteiger partial charge on any atom is -0.504 e. The smallest absolute Gasteiger partial charge is 0.258 e. The standard InChI is InChI=1S/C13H17N3O3/c1-16(2)7-6-12-14-13(19-15-12)9-4-5-10(17)11(8-9)18-3/h4-5,8,17H,6-7H2,1-3H3. The molecule has 2 aromatic rings. The number of methoxy groups -OCH3 is 1. The number of aromatic hydroxyl groups is 1. The van der Waals surface area contributed by atoms with E-state index in [9.17, 15) is 5.11 Å². The second kappa shape index (κ2) is 5.71. The number of phenolic OH excluding ortho intramolecular Hbond substituents is 1. The largest absolute Gasteiger partial charge is 0.504 e. The van der Waals surface area contributed by atoms with Crippen molar-refractivity contribution < 1.29 is 14.4 Å². The van der Waals surface area contributed by atoms with Crippen molar-refractivity contribution in [2.75, 3.05) is 27.7 Å². The first-order chi connectivity index (χ1) is 9.10. The number of nitrogens with zero attached hydrogens (tertiary/aromatic N) is 3. The highest BCUT2D eigenvalue weighted by molar-refractivity contribution is 5.59. The zero-order valence-corrected chi connectivity index (χ0v) is 11.3. The third-order valence-electron chi connectivity index (χ3n) is 2.68. The fraction of sp³-hybridized carbons (Fsp3) is 0.385. The Bertz CT molecular complexity index is 552. The van der Waals surface area contributed by atoms with Crippen LogP contribution in [0.4, 0.5) is 0 Å². The Morgan fingerprint density at radius 3 is 2.84 bits per heavy atom. The summed E-state index contributed by atoms with van der Waals surface area (Å²) in [7, 11) is 5.48. The van der Waals surface area contributed by atoms with Gasteiger partial charge < -0.3 is 19.3 Å². The highest BCUT2D eigenvalue weighted by Gasteiger charge is 2.11. The van der Waals surface area contributed by atoms with Crippen LogP contribution in [0, 0.1) is 0 Å². The number of hydrogen-bond acceptors (Lipinski definition) is 6. The van der Waals surface area contributed by atoms with E-state index in [0.29, 0.717) is 17.5 Å². The van der Waals surface area contributed by atoms with Gasteiger partial charge in [-0.25, -0.2) is 0 Å². The molecule has 0 saturated heterocycles. The summed E-state index contributed by atoms with van der Waals surface area (Å²) in [5, 5.41) is 13.5. The van der Waals surface area contributed by atoms with E-state index in [-0.39, 0.29) is 5.75 Å². The van der Waals surface area contributed by atoms with E-state index in [2.05, 4.69) is 15.0 Å². The Labute approximate surface area is 111 Å². The predicted molar refractivity (Wildman–Crippen MR) is 70.2 cm³/mol. The first-order valence-electron chi connectivity index (χ1n) is 5.95. The molecule has 0 bridgehead atoms. The minimum atomic E-state index is 0.0820. The molecule has 1 aromatic heterocycles. The molecule has 0 atom stereocenters. The highest BCUT2D eigenvalue weighted by atomic mass is 16.5. The van der Waals surface area contributed by atoms with Gasteiger partial charge in [0.15, 0.2) is 17.3 Å². The van der Waals surface area contributed by atoms with Crippen LogP contribution in [0.15, 0.2) is 22.7 Å². The molecule has 0 aliphatic rings. The molecule has 1 heterocycles. The molecule has 0 saturated carbocycles. The lowest BCUT2D eigenvalue weighted by atomic mass is 10.2. The van der Waals surface area contributed by atoms with Gasteiger partial charge in [0, 0.05) is 18.5 Å². The van der Waals surface area contributed by atoms with Crippen molar-refractivity contribution in [1.82, 2.24) is 15.0 Å². The van der Waals surface area contributed by atoms with Crippen molar-refractivity contribution in [2.24, 2.45) is 0 Å². The normalized spacial score (nSPS) is 10.9. The van der Waals surface area contributed by atoms with Crippen LogP contribution in [0.5, 0.6) is 11.5 Å². The predicted octanol–water partition coefficient (Wildman–Crippen LogP) is 1.55. The van der Waals surface area contributed by atoms with Gasteiger partial charge in [-0.05, 0) is 32.3 Å². The Kier molecular flexibility index (Phi) is 4.01. The van der Waals surface area contributed by atoms with Gasteiger partial charge >= 0.3 is 0 Å². The van der Waals surface area contributed by atoms with E-state index in [1.165, 1.54) is 13.2 Å². The molecule has 0 aliphatic carbocycles. The van der Waals surface area contributed by atoms with Crippen molar-refractivity contribution >= 4 is 0 Å². The van der Waals surface area contributed by atoms with Crippen LogP contribution in [0.2, 0.25) is 0 Å². The summed E-state index contributed by atoms with van der Waals surface area (Å²) >= 11 is 0. The fourth-order valence-electron chi connectivity index (χ4n) is 1.61. The lowest BCUT2D eigenvalue weighted by Crippen LogP contribution is -2.15. The van der Waals surface area contributed by atoms with Gasteiger partial charge in [-0.3, -0.25) is 0 Å². The van der Waals surface area contributed by atoms with E-state index in [4.69, 9.17) is 9.26 Å². The molecule has 6 nitrogen and oxygen atoms in total. The maximum atomic E-state index is 9.54. The van der Waals surface area contributed by atoms with Gasteiger partial charge in [0.05, 0.1) is 7.11 Å². The van der Waals surface area contributed by atoms with Gasteiger partial charge in [0.1, 0.15) is 0 Å². The molecule has 2 rings (SSSR count). The Morgan fingerprint density at radius 2 is 2.16 bits per heavy atom. The zero-order valence-electron chi connectivity index (χ0n) is 11.3. The molecule has 19 heavy (non-hydrogen) atoms. The van der Waals surface area contributed by atoms with E-state index in [1.54, 1.807) is 12.1 Å². The summed E-state index contributed by atoms with van der Waals surface area (Å²) in [4.78, 5) is 6.37. The molecule has 0 fully saturated rings.